The average Bonchev–Trinajstić information content (AvgIpc) is 3.94. The number of para-hydroxylation sites is 2. The number of fused-ring (bicyclic) bond motifs is 12. The maximum Gasteiger partial charge on any atom is 0.0561 e. The predicted molar refractivity (Wildman–Crippen MR) is 233 cm³/mol. The second-order valence-electron chi connectivity index (χ2n) is 16.6. The van der Waals surface area contributed by atoms with Crippen molar-refractivity contribution in [2.75, 3.05) is 4.90 Å². The van der Waals surface area contributed by atoms with Crippen LogP contribution in [-0.2, 0) is 23.7 Å². The smallest absolute Gasteiger partial charge is 0.0561 e. The van der Waals surface area contributed by atoms with Gasteiger partial charge in [-0.3, -0.25) is 0 Å². The molecular formula is C54H40N2. The van der Waals surface area contributed by atoms with Crippen LogP contribution in [0.1, 0.15) is 47.2 Å². The third-order valence-electron chi connectivity index (χ3n) is 13.4. The molecule has 1 heterocycles. The Morgan fingerprint density at radius 2 is 1.05 bits per heavy atom. The largest absolute Gasteiger partial charge is 0.310 e. The van der Waals surface area contributed by atoms with Crippen LogP contribution in [-0.4, -0.2) is 4.57 Å². The summed E-state index contributed by atoms with van der Waals surface area (Å²) in [6.07, 6.45) is 2.03. The number of benzene rings is 8. The van der Waals surface area contributed by atoms with E-state index >= 15 is 0 Å². The molecule has 2 heteroatoms. The van der Waals surface area contributed by atoms with Gasteiger partial charge in [-0.15, -0.1) is 0 Å². The van der Waals surface area contributed by atoms with Crippen LogP contribution in [0, 0.1) is 0 Å². The van der Waals surface area contributed by atoms with Gasteiger partial charge >= 0.3 is 0 Å². The minimum absolute atomic E-state index is 0.103. The summed E-state index contributed by atoms with van der Waals surface area (Å²) in [4.78, 5) is 2.56. The van der Waals surface area contributed by atoms with Crippen LogP contribution >= 0.6 is 0 Å². The van der Waals surface area contributed by atoms with Gasteiger partial charge in [-0.1, -0.05) is 147 Å². The van der Waals surface area contributed by atoms with E-state index in [1.807, 2.05) is 0 Å². The lowest BCUT2D eigenvalue weighted by Crippen LogP contribution is -2.26. The molecule has 3 aliphatic carbocycles. The number of hydrogen-bond acceptors (Lipinski definition) is 1. The van der Waals surface area contributed by atoms with Crippen molar-refractivity contribution in [3.05, 3.63) is 215 Å². The van der Waals surface area contributed by atoms with Crippen molar-refractivity contribution in [2.45, 2.75) is 37.5 Å². The van der Waals surface area contributed by atoms with Gasteiger partial charge in [-0.2, -0.15) is 0 Å². The molecule has 0 N–H and O–H groups in total. The van der Waals surface area contributed by atoms with E-state index in [0.717, 1.165) is 24.2 Å². The number of aromatic nitrogens is 1. The molecule has 1 spiro atoms. The SMILES string of the molecule is CC1(C)c2ccccc2-c2c(N(c3ccc4c(c3)C3(Cc5ccccc5C3)c3ccccc3-4)c3ccc4c5ccccc5n(-c5ccccc5)c4c3)cccc21. The summed E-state index contributed by atoms with van der Waals surface area (Å²) in [5, 5.41) is 2.52. The summed E-state index contributed by atoms with van der Waals surface area (Å²) >= 11 is 0. The fraction of sp³-hybridized carbons (Fsp3) is 0.111. The molecule has 0 fully saturated rings. The van der Waals surface area contributed by atoms with Crippen molar-refractivity contribution in [2.24, 2.45) is 0 Å². The van der Waals surface area contributed by atoms with Gasteiger partial charge in [0.2, 0.25) is 0 Å². The molecule has 9 aromatic rings. The monoisotopic (exact) mass is 716 g/mol. The van der Waals surface area contributed by atoms with E-state index in [1.165, 1.54) is 88.8 Å². The van der Waals surface area contributed by atoms with Crippen LogP contribution in [0.15, 0.2) is 182 Å². The highest BCUT2D eigenvalue weighted by Gasteiger charge is 2.47. The van der Waals surface area contributed by atoms with Crippen molar-refractivity contribution in [3.63, 3.8) is 0 Å². The molecule has 8 aromatic carbocycles. The van der Waals surface area contributed by atoms with Gasteiger partial charge in [-0.05, 0) is 111 Å². The summed E-state index contributed by atoms with van der Waals surface area (Å²) < 4.78 is 2.43. The molecule has 0 atom stereocenters. The summed E-state index contributed by atoms with van der Waals surface area (Å²) in [7, 11) is 0. The second-order valence-corrected chi connectivity index (χ2v) is 16.6. The molecule has 0 amide bonds. The van der Waals surface area contributed by atoms with E-state index in [2.05, 4.69) is 205 Å². The predicted octanol–water partition coefficient (Wildman–Crippen LogP) is 13.6. The molecule has 0 unspecified atom stereocenters. The van der Waals surface area contributed by atoms with Crippen LogP contribution < -0.4 is 4.90 Å². The van der Waals surface area contributed by atoms with Crippen molar-refractivity contribution in [1.29, 1.82) is 0 Å². The minimum Gasteiger partial charge on any atom is -0.310 e. The Morgan fingerprint density at radius 3 is 1.88 bits per heavy atom. The van der Waals surface area contributed by atoms with Crippen molar-refractivity contribution in [1.82, 2.24) is 4.57 Å². The fourth-order valence-corrected chi connectivity index (χ4v) is 10.9. The summed E-state index contributed by atoms with van der Waals surface area (Å²) in [6, 6.07) is 68.3. The molecule has 56 heavy (non-hydrogen) atoms. The molecule has 0 saturated heterocycles. The standard InChI is InChI=1S/C54H40N2/c1-53(2)45-22-11-9-21-44(45)52-47(53)24-14-26-50(52)55(39-28-30-43-42-20-10-13-25-49(42)56(51(43)32-39)37-17-4-3-5-18-37)38-27-29-41-40-19-8-12-23-46(40)54(48(41)31-38)33-35-15-6-7-16-36(35)34-54/h3-32H,33-34H2,1-2H3. The Morgan fingerprint density at radius 1 is 0.446 bits per heavy atom. The topological polar surface area (TPSA) is 8.17 Å². The van der Waals surface area contributed by atoms with Gasteiger partial charge in [-0.25, -0.2) is 0 Å². The maximum atomic E-state index is 2.56. The third kappa shape index (κ3) is 4.22. The van der Waals surface area contributed by atoms with Crippen LogP contribution in [0.5, 0.6) is 0 Å². The van der Waals surface area contributed by atoms with E-state index < -0.39 is 0 Å². The quantitative estimate of drug-likeness (QED) is 0.176. The van der Waals surface area contributed by atoms with E-state index in [-0.39, 0.29) is 10.8 Å². The second kappa shape index (κ2) is 11.4. The normalized spacial score (nSPS) is 15.1. The molecule has 0 radical (unpaired) electrons. The summed E-state index contributed by atoms with van der Waals surface area (Å²) in [5.74, 6) is 0. The van der Waals surface area contributed by atoms with Crippen LogP contribution in [0.4, 0.5) is 17.1 Å². The van der Waals surface area contributed by atoms with Crippen LogP contribution in [0.25, 0.3) is 49.7 Å². The van der Waals surface area contributed by atoms with E-state index in [1.54, 1.807) is 0 Å². The number of nitrogens with zero attached hydrogens (tertiary/aromatic N) is 2. The van der Waals surface area contributed by atoms with E-state index in [4.69, 9.17) is 0 Å². The Balaban J connectivity index is 1.14. The molecular weight excluding hydrogens is 677 g/mol. The van der Waals surface area contributed by atoms with Gasteiger partial charge in [0.15, 0.2) is 0 Å². The summed E-state index contributed by atoms with van der Waals surface area (Å²) in [5.41, 5.74) is 20.9. The first-order chi connectivity index (χ1) is 27.5. The highest BCUT2D eigenvalue weighted by Crippen LogP contribution is 2.58. The number of hydrogen-bond donors (Lipinski definition) is 0. The molecule has 12 rings (SSSR count). The molecule has 2 nitrogen and oxygen atoms in total. The van der Waals surface area contributed by atoms with Gasteiger partial charge in [0.1, 0.15) is 0 Å². The van der Waals surface area contributed by atoms with E-state index in [9.17, 15) is 0 Å². The molecule has 1 aromatic heterocycles. The zero-order valence-corrected chi connectivity index (χ0v) is 31.6. The molecule has 0 bridgehead atoms. The third-order valence-corrected chi connectivity index (χ3v) is 13.4. The Bertz CT molecular complexity index is 3050. The zero-order chi connectivity index (χ0) is 37.2. The Kier molecular flexibility index (Phi) is 6.47. The first-order valence-electron chi connectivity index (χ1n) is 19.9. The lowest BCUT2D eigenvalue weighted by molar-refractivity contribution is 0.563. The number of anilines is 3. The first-order valence-corrected chi connectivity index (χ1v) is 19.9. The lowest BCUT2D eigenvalue weighted by atomic mass is 9.75. The van der Waals surface area contributed by atoms with Crippen LogP contribution in [0.3, 0.4) is 0 Å². The zero-order valence-electron chi connectivity index (χ0n) is 31.6. The van der Waals surface area contributed by atoms with Gasteiger partial charge in [0.25, 0.3) is 0 Å². The molecule has 266 valence electrons. The Labute approximate surface area is 327 Å². The van der Waals surface area contributed by atoms with Crippen molar-refractivity contribution in [3.8, 4) is 27.9 Å². The highest BCUT2D eigenvalue weighted by molar-refractivity contribution is 6.10. The molecule has 0 aliphatic heterocycles. The van der Waals surface area contributed by atoms with Gasteiger partial charge in [0, 0.05) is 44.2 Å². The maximum absolute atomic E-state index is 2.56. The lowest BCUT2D eigenvalue weighted by Gasteiger charge is -2.31. The molecule has 3 aliphatic rings. The average molecular weight is 717 g/mol. The van der Waals surface area contributed by atoms with Crippen molar-refractivity contribution >= 4 is 38.9 Å². The Hall–Kier alpha value is -6.64. The number of rotatable bonds is 4. The van der Waals surface area contributed by atoms with Crippen molar-refractivity contribution < 1.29 is 0 Å². The summed E-state index contributed by atoms with van der Waals surface area (Å²) in [6.45, 7) is 4.76. The first kappa shape index (κ1) is 31.7. The van der Waals surface area contributed by atoms with Crippen LogP contribution in [0.2, 0.25) is 0 Å². The molecule has 0 saturated carbocycles. The van der Waals surface area contributed by atoms with Gasteiger partial charge < -0.3 is 9.47 Å². The van der Waals surface area contributed by atoms with E-state index in [0.29, 0.717) is 0 Å². The van der Waals surface area contributed by atoms with Gasteiger partial charge in [0.05, 0.1) is 16.7 Å². The highest BCUT2D eigenvalue weighted by atomic mass is 15.1. The minimum atomic E-state index is -0.115. The fourth-order valence-electron chi connectivity index (χ4n) is 10.9.